The summed E-state index contributed by atoms with van der Waals surface area (Å²) in [5.41, 5.74) is 7.31. The topological polar surface area (TPSA) is 17.1 Å². The van der Waals surface area contributed by atoms with Gasteiger partial charge in [-0.05, 0) is 50.3 Å². The van der Waals surface area contributed by atoms with Crippen LogP contribution >= 0.6 is 0 Å². The van der Waals surface area contributed by atoms with Crippen molar-refractivity contribution in [2.75, 3.05) is 0 Å². The number of ketones is 1. The molecule has 1 aromatic carbocycles. The van der Waals surface area contributed by atoms with Gasteiger partial charge in [0.1, 0.15) is 0 Å². The molecule has 0 aromatic heterocycles. The predicted molar refractivity (Wildman–Crippen MR) is 72.1 cm³/mol. The molecule has 0 amide bonds. The SMILES string of the molecule is CCc1cc(C)cc(C)c1C1=C(C)CCC1=O. The van der Waals surface area contributed by atoms with Gasteiger partial charge in [0.05, 0.1) is 0 Å². The van der Waals surface area contributed by atoms with Crippen LogP contribution in [0, 0.1) is 13.8 Å². The monoisotopic (exact) mass is 228 g/mol. The van der Waals surface area contributed by atoms with Crippen LogP contribution in [0.25, 0.3) is 5.57 Å². The van der Waals surface area contributed by atoms with Gasteiger partial charge in [0.15, 0.2) is 5.78 Å². The second kappa shape index (κ2) is 4.48. The van der Waals surface area contributed by atoms with E-state index in [1.54, 1.807) is 0 Å². The zero-order valence-corrected chi connectivity index (χ0v) is 11.2. The minimum atomic E-state index is 0.323. The van der Waals surface area contributed by atoms with Crippen LogP contribution < -0.4 is 0 Å². The zero-order valence-electron chi connectivity index (χ0n) is 11.2. The molecule has 0 fully saturated rings. The Kier molecular flexibility index (Phi) is 3.19. The van der Waals surface area contributed by atoms with E-state index >= 15 is 0 Å². The van der Waals surface area contributed by atoms with E-state index in [1.165, 1.54) is 27.8 Å². The summed E-state index contributed by atoms with van der Waals surface area (Å²) in [5.74, 6) is 0.323. The van der Waals surface area contributed by atoms with E-state index in [0.29, 0.717) is 12.2 Å². The minimum Gasteiger partial charge on any atom is -0.294 e. The fraction of sp³-hybridized carbons (Fsp3) is 0.438. The van der Waals surface area contributed by atoms with Gasteiger partial charge in [-0.2, -0.15) is 0 Å². The van der Waals surface area contributed by atoms with Gasteiger partial charge >= 0.3 is 0 Å². The standard InChI is InChI=1S/C16H20O/c1-5-13-9-10(2)8-12(4)15(13)16-11(3)6-7-14(16)17/h8-9H,5-7H2,1-4H3. The maximum atomic E-state index is 12.0. The Bertz CT molecular complexity index is 507. The molecule has 2 rings (SSSR count). The highest BCUT2D eigenvalue weighted by Gasteiger charge is 2.24. The van der Waals surface area contributed by atoms with E-state index in [4.69, 9.17) is 0 Å². The largest absolute Gasteiger partial charge is 0.294 e. The highest BCUT2D eigenvalue weighted by molar-refractivity contribution is 6.24. The number of aryl methyl sites for hydroxylation is 3. The smallest absolute Gasteiger partial charge is 0.163 e. The Balaban J connectivity index is 2.67. The normalized spacial score (nSPS) is 15.9. The Labute approximate surface area is 104 Å². The van der Waals surface area contributed by atoms with Crippen molar-refractivity contribution in [3.63, 3.8) is 0 Å². The Hall–Kier alpha value is -1.37. The van der Waals surface area contributed by atoms with Gasteiger partial charge in [0.2, 0.25) is 0 Å². The molecule has 0 bridgehead atoms. The molecular weight excluding hydrogens is 208 g/mol. The predicted octanol–water partition coefficient (Wildman–Crippen LogP) is 4.00. The molecule has 0 N–H and O–H groups in total. The molecule has 0 aliphatic heterocycles. The van der Waals surface area contributed by atoms with Gasteiger partial charge in [0, 0.05) is 12.0 Å². The van der Waals surface area contributed by atoms with Gasteiger partial charge in [-0.25, -0.2) is 0 Å². The van der Waals surface area contributed by atoms with Crippen LogP contribution in [0.3, 0.4) is 0 Å². The van der Waals surface area contributed by atoms with Crippen molar-refractivity contribution in [1.82, 2.24) is 0 Å². The number of hydrogen-bond donors (Lipinski definition) is 0. The van der Waals surface area contributed by atoms with Crippen molar-refractivity contribution in [3.05, 3.63) is 40.0 Å². The minimum absolute atomic E-state index is 0.323. The third-order valence-corrected chi connectivity index (χ3v) is 3.63. The second-order valence-corrected chi connectivity index (χ2v) is 5.05. The van der Waals surface area contributed by atoms with Crippen LogP contribution in [-0.2, 0) is 11.2 Å². The summed E-state index contributed by atoms with van der Waals surface area (Å²) in [6, 6.07) is 4.40. The first kappa shape index (κ1) is 12.1. The molecule has 0 saturated carbocycles. The molecule has 1 heteroatoms. The maximum Gasteiger partial charge on any atom is 0.163 e. The van der Waals surface area contributed by atoms with Gasteiger partial charge in [-0.3, -0.25) is 4.79 Å². The van der Waals surface area contributed by atoms with Crippen LogP contribution in [-0.4, -0.2) is 5.78 Å². The van der Waals surface area contributed by atoms with Crippen LogP contribution in [0.2, 0.25) is 0 Å². The molecule has 17 heavy (non-hydrogen) atoms. The maximum absolute atomic E-state index is 12.0. The lowest BCUT2D eigenvalue weighted by Gasteiger charge is -2.14. The molecule has 1 aliphatic carbocycles. The quantitative estimate of drug-likeness (QED) is 0.747. The summed E-state index contributed by atoms with van der Waals surface area (Å²) >= 11 is 0. The van der Waals surface area contributed by atoms with Crippen molar-refractivity contribution in [3.8, 4) is 0 Å². The average molecular weight is 228 g/mol. The van der Waals surface area contributed by atoms with E-state index in [1.807, 2.05) is 0 Å². The highest BCUT2D eigenvalue weighted by atomic mass is 16.1. The number of benzene rings is 1. The fourth-order valence-electron chi connectivity index (χ4n) is 2.83. The molecule has 0 atom stereocenters. The number of rotatable bonds is 2. The molecule has 0 spiro atoms. The summed E-state index contributed by atoms with van der Waals surface area (Å²) in [4.78, 5) is 12.0. The third kappa shape index (κ3) is 2.06. The summed E-state index contributed by atoms with van der Waals surface area (Å²) < 4.78 is 0. The van der Waals surface area contributed by atoms with Gasteiger partial charge in [-0.15, -0.1) is 0 Å². The Morgan fingerprint density at radius 2 is 1.82 bits per heavy atom. The molecule has 0 unspecified atom stereocenters. The van der Waals surface area contributed by atoms with Crippen LogP contribution in [0.5, 0.6) is 0 Å². The summed E-state index contributed by atoms with van der Waals surface area (Å²) in [5, 5.41) is 0. The van der Waals surface area contributed by atoms with Crippen LogP contribution in [0.1, 0.15) is 48.9 Å². The fourth-order valence-corrected chi connectivity index (χ4v) is 2.83. The van der Waals surface area contributed by atoms with E-state index in [-0.39, 0.29) is 0 Å². The molecule has 0 radical (unpaired) electrons. The summed E-state index contributed by atoms with van der Waals surface area (Å²) in [7, 11) is 0. The lowest BCUT2D eigenvalue weighted by molar-refractivity contribution is -0.113. The van der Waals surface area contributed by atoms with E-state index in [0.717, 1.165) is 18.4 Å². The summed E-state index contributed by atoms with van der Waals surface area (Å²) in [6.45, 7) is 8.49. The number of Topliss-reactive ketones (excluding diaryl/α,β-unsaturated/α-hetero) is 1. The van der Waals surface area contributed by atoms with Crippen LogP contribution in [0.4, 0.5) is 0 Å². The first-order chi connectivity index (χ1) is 8.04. The van der Waals surface area contributed by atoms with E-state index in [2.05, 4.69) is 39.8 Å². The average Bonchev–Trinajstić information content (AvgIpc) is 2.59. The second-order valence-electron chi connectivity index (χ2n) is 5.05. The Morgan fingerprint density at radius 1 is 1.12 bits per heavy atom. The van der Waals surface area contributed by atoms with Crippen molar-refractivity contribution < 1.29 is 4.79 Å². The highest BCUT2D eigenvalue weighted by Crippen LogP contribution is 2.35. The van der Waals surface area contributed by atoms with E-state index in [9.17, 15) is 4.79 Å². The van der Waals surface area contributed by atoms with Crippen molar-refractivity contribution in [1.29, 1.82) is 0 Å². The number of carbonyl (C=O) groups is 1. The molecular formula is C16H20O. The van der Waals surface area contributed by atoms with Crippen molar-refractivity contribution in [2.45, 2.75) is 47.0 Å². The molecule has 0 heterocycles. The molecule has 0 saturated heterocycles. The number of allylic oxidation sites excluding steroid dienone is 2. The lowest BCUT2D eigenvalue weighted by Crippen LogP contribution is -2.03. The number of hydrogen-bond acceptors (Lipinski definition) is 1. The van der Waals surface area contributed by atoms with Crippen LogP contribution in [0.15, 0.2) is 17.7 Å². The third-order valence-electron chi connectivity index (χ3n) is 3.63. The van der Waals surface area contributed by atoms with Gasteiger partial charge in [0.25, 0.3) is 0 Å². The first-order valence-corrected chi connectivity index (χ1v) is 6.38. The molecule has 1 aliphatic rings. The first-order valence-electron chi connectivity index (χ1n) is 6.38. The van der Waals surface area contributed by atoms with Crippen molar-refractivity contribution in [2.24, 2.45) is 0 Å². The zero-order chi connectivity index (χ0) is 12.6. The van der Waals surface area contributed by atoms with E-state index < -0.39 is 0 Å². The Morgan fingerprint density at radius 3 is 2.35 bits per heavy atom. The van der Waals surface area contributed by atoms with Crippen molar-refractivity contribution >= 4 is 11.4 Å². The summed E-state index contributed by atoms with van der Waals surface area (Å²) in [6.07, 6.45) is 2.62. The molecule has 90 valence electrons. The van der Waals surface area contributed by atoms with Gasteiger partial charge < -0.3 is 0 Å². The lowest BCUT2D eigenvalue weighted by atomic mass is 9.89. The molecule has 1 nitrogen and oxygen atoms in total. The van der Waals surface area contributed by atoms with Gasteiger partial charge in [-0.1, -0.05) is 30.2 Å². The number of carbonyl (C=O) groups excluding carboxylic acids is 1. The molecule has 1 aromatic rings.